The lowest BCUT2D eigenvalue weighted by molar-refractivity contribution is 0.581. The van der Waals surface area contributed by atoms with Crippen LogP contribution < -0.4 is 10.2 Å². The van der Waals surface area contributed by atoms with Gasteiger partial charge in [-0.1, -0.05) is 19.9 Å². The molecule has 0 aliphatic heterocycles. The Labute approximate surface area is 104 Å². The summed E-state index contributed by atoms with van der Waals surface area (Å²) in [4.78, 5) is 7.16. The maximum Gasteiger partial charge on any atom is 0.129 e. The highest BCUT2D eigenvalue weighted by atomic mass is 15.2. The van der Waals surface area contributed by atoms with E-state index in [-0.39, 0.29) is 0 Å². The van der Waals surface area contributed by atoms with Crippen LogP contribution in [0.3, 0.4) is 0 Å². The summed E-state index contributed by atoms with van der Waals surface area (Å²) in [5.74, 6) is 1.14. The standard InChI is InChI=1S/C14H23N3/c1-4-17(13-8-9-13)14-7-5-6-12(16-14)10-15-11(2)3/h5-7,11,13,15H,4,8-10H2,1-3H3. The van der Waals surface area contributed by atoms with Gasteiger partial charge in [-0.15, -0.1) is 0 Å². The van der Waals surface area contributed by atoms with Crippen LogP contribution in [-0.4, -0.2) is 23.6 Å². The molecular formula is C14H23N3. The lowest BCUT2D eigenvalue weighted by Gasteiger charge is -2.22. The highest BCUT2D eigenvalue weighted by Gasteiger charge is 2.28. The third-order valence-corrected chi connectivity index (χ3v) is 3.11. The number of hydrogen-bond donors (Lipinski definition) is 1. The van der Waals surface area contributed by atoms with E-state index >= 15 is 0 Å². The Balaban J connectivity index is 2.04. The molecule has 1 aromatic heterocycles. The van der Waals surface area contributed by atoms with Crippen LogP contribution in [0.5, 0.6) is 0 Å². The first-order chi connectivity index (χ1) is 8.20. The molecule has 3 heteroatoms. The van der Waals surface area contributed by atoms with Crippen molar-refractivity contribution in [3.8, 4) is 0 Å². The summed E-state index contributed by atoms with van der Waals surface area (Å²) >= 11 is 0. The predicted molar refractivity (Wildman–Crippen MR) is 72.3 cm³/mol. The second kappa shape index (κ2) is 5.50. The Kier molecular flexibility index (Phi) is 4.00. The number of rotatable bonds is 6. The Morgan fingerprint density at radius 1 is 1.41 bits per heavy atom. The molecule has 0 amide bonds. The summed E-state index contributed by atoms with van der Waals surface area (Å²) in [6.07, 6.45) is 2.65. The van der Waals surface area contributed by atoms with Gasteiger partial charge in [0.1, 0.15) is 5.82 Å². The van der Waals surface area contributed by atoms with Gasteiger partial charge in [0.25, 0.3) is 0 Å². The van der Waals surface area contributed by atoms with Crippen LogP contribution in [0.25, 0.3) is 0 Å². The van der Waals surface area contributed by atoms with Gasteiger partial charge in [-0.25, -0.2) is 4.98 Å². The SMILES string of the molecule is CCN(c1cccc(CNC(C)C)n1)C1CC1. The van der Waals surface area contributed by atoms with Crippen LogP contribution in [-0.2, 0) is 6.54 Å². The van der Waals surface area contributed by atoms with E-state index < -0.39 is 0 Å². The molecular weight excluding hydrogens is 210 g/mol. The van der Waals surface area contributed by atoms with Gasteiger partial charge in [-0.3, -0.25) is 0 Å². The third-order valence-electron chi connectivity index (χ3n) is 3.11. The van der Waals surface area contributed by atoms with Crippen molar-refractivity contribution in [2.75, 3.05) is 11.4 Å². The molecule has 1 aliphatic rings. The number of pyridine rings is 1. The predicted octanol–water partition coefficient (Wildman–Crippen LogP) is 2.57. The van der Waals surface area contributed by atoms with Gasteiger partial charge in [0, 0.05) is 25.2 Å². The van der Waals surface area contributed by atoms with Crippen LogP contribution >= 0.6 is 0 Å². The molecule has 0 bridgehead atoms. The first-order valence-electron chi connectivity index (χ1n) is 6.66. The number of nitrogens with one attached hydrogen (secondary N) is 1. The fraction of sp³-hybridized carbons (Fsp3) is 0.643. The summed E-state index contributed by atoms with van der Waals surface area (Å²) in [6, 6.07) is 7.58. The van der Waals surface area contributed by atoms with Gasteiger partial charge in [-0.05, 0) is 31.9 Å². The molecule has 2 rings (SSSR count). The highest BCUT2D eigenvalue weighted by molar-refractivity contribution is 5.42. The summed E-state index contributed by atoms with van der Waals surface area (Å²) in [6.45, 7) is 8.43. The summed E-state index contributed by atoms with van der Waals surface area (Å²) in [5.41, 5.74) is 1.13. The molecule has 0 atom stereocenters. The Morgan fingerprint density at radius 3 is 2.76 bits per heavy atom. The van der Waals surface area contributed by atoms with Crippen molar-refractivity contribution < 1.29 is 0 Å². The summed E-state index contributed by atoms with van der Waals surface area (Å²) in [5, 5.41) is 3.41. The Bertz CT molecular complexity index is 358. The van der Waals surface area contributed by atoms with Crippen molar-refractivity contribution in [3.63, 3.8) is 0 Å². The van der Waals surface area contributed by atoms with Gasteiger partial charge in [0.15, 0.2) is 0 Å². The molecule has 0 radical (unpaired) electrons. The third kappa shape index (κ3) is 3.43. The fourth-order valence-electron chi connectivity index (χ4n) is 2.03. The zero-order valence-corrected chi connectivity index (χ0v) is 11.1. The average Bonchev–Trinajstić information content (AvgIpc) is 3.12. The average molecular weight is 233 g/mol. The van der Waals surface area contributed by atoms with E-state index in [4.69, 9.17) is 4.98 Å². The largest absolute Gasteiger partial charge is 0.354 e. The smallest absolute Gasteiger partial charge is 0.129 e. The van der Waals surface area contributed by atoms with Crippen LogP contribution in [0.2, 0.25) is 0 Å². The molecule has 0 spiro atoms. The molecule has 0 aromatic carbocycles. The van der Waals surface area contributed by atoms with Crippen LogP contribution in [0.15, 0.2) is 18.2 Å². The summed E-state index contributed by atoms with van der Waals surface area (Å²) in [7, 11) is 0. The van der Waals surface area contributed by atoms with Gasteiger partial charge in [0.2, 0.25) is 0 Å². The van der Waals surface area contributed by atoms with Crippen LogP contribution in [0.1, 0.15) is 39.3 Å². The number of hydrogen-bond acceptors (Lipinski definition) is 3. The minimum absolute atomic E-state index is 0.506. The maximum absolute atomic E-state index is 4.74. The number of aromatic nitrogens is 1. The molecule has 1 aromatic rings. The molecule has 1 heterocycles. The van der Waals surface area contributed by atoms with Crippen LogP contribution in [0, 0.1) is 0 Å². The van der Waals surface area contributed by atoms with E-state index in [1.54, 1.807) is 0 Å². The molecule has 1 fully saturated rings. The van der Waals surface area contributed by atoms with E-state index in [1.165, 1.54) is 12.8 Å². The van der Waals surface area contributed by atoms with Crippen molar-refractivity contribution in [1.29, 1.82) is 0 Å². The number of anilines is 1. The van der Waals surface area contributed by atoms with Crippen molar-refractivity contribution in [1.82, 2.24) is 10.3 Å². The zero-order valence-electron chi connectivity index (χ0n) is 11.1. The topological polar surface area (TPSA) is 28.2 Å². The van der Waals surface area contributed by atoms with Crippen molar-refractivity contribution in [3.05, 3.63) is 23.9 Å². The first-order valence-corrected chi connectivity index (χ1v) is 6.66. The van der Waals surface area contributed by atoms with Crippen molar-refractivity contribution >= 4 is 5.82 Å². The van der Waals surface area contributed by atoms with Gasteiger partial charge >= 0.3 is 0 Å². The lowest BCUT2D eigenvalue weighted by atomic mass is 10.3. The minimum Gasteiger partial charge on any atom is -0.354 e. The Morgan fingerprint density at radius 2 is 2.18 bits per heavy atom. The monoisotopic (exact) mass is 233 g/mol. The van der Waals surface area contributed by atoms with E-state index in [2.05, 4.69) is 49.2 Å². The second-order valence-corrected chi connectivity index (χ2v) is 5.04. The molecule has 1 N–H and O–H groups in total. The van der Waals surface area contributed by atoms with Gasteiger partial charge < -0.3 is 10.2 Å². The molecule has 1 aliphatic carbocycles. The first kappa shape index (κ1) is 12.4. The van der Waals surface area contributed by atoms with E-state index in [1.807, 2.05) is 0 Å². The molecule has 0 unspecified atom stereocenters. The van der Waals surface area contributed by atoms with Crippen LogP contribution in [0.4, 0.5) is 5.82 Å². The molecule has 1 saturated carbocycles. The van der Waals surface area contributed by atoms with Gasteiger partial charge in [0.05, 0.1) is 5.69 Å². The summed E-state index contributed by atoms with van der Waals surface area (Å²) < 4.78 is 0. The molecule has 17 heavy (non-hydrogen) atoms. The Hall–Kier alpha value is -1.09. The van der Waals surface area contributed by atoms with Gasteiger partial charge in [-0.2, -0.15) is 0 Å². The maximum atomic E-state index is 4.74. The number of nitrogens with zero attached hydrogens (tertiary/aromatic N) is 2. The fourth-order valence-corrected chi connectivity index (χ4v) is 2.03. The van der Waals surface area contributed by atoms with E-state index in [0.29, 0.717) is 6.04 Å². The minimum atomic E-state index is 0.506. The molecule has 0 saturated heterocycles. The highest BCUT2D eigenvalue weighted by Crippen LogP contribution is 2.30. The second-order valence-electron chi connectivity index (χ2n) is 5.04. The van der Waals surface area contributed by atoms with Crippen molar-refractivity contribution in [2.24, 2.45) is 0 Å². The molecule has 94 valence electrons. The zero-order chi connectivity index (χ0) is 12.3. The normalized spacial score (nSPS) is 15.3. The molecule has 3 nitrogen and oxygen atoms in total. The van der Waals surface area contributed by atoms with E-state index in [9.17, 15) is 0 Å². The van der Waals surface area contributed by atoms with E-state index in [0.717, 1.165) is 30.6 Å². The lowest BCUT2D eigenvalue weighted by Crippen LogP contribution is -2.27. The quantitative estimate of drug-likeness (QED) is 0.818. The van der Waals surface area contributed by atoms with Crippen molar-refractivity contribution in [2.45, 2.75) is 52.2 Å².